The summed E-state index contributed by atoms with van der Waals surface area (Å²) in [5, 5.41) is 14.8. The highest BCUT2D eigenvalue weighted by Crippen LogP contribution is 2.46. The first-order chi connectivity index (χ1) is 30.7. The Morgan fingerprint density at radius 3 is 2.00 bits per heavy atom. The fourth-order valence-corrected chi connectivity index (χ4v) is 11.0. The van der Waals surface area contributed by atoms with Crippen molar-refractivity contribution >= 4 is 104 Å². The number of nitrogens with zero attached hydrogens (tertiary/aromatic N) is 2. The van der Waals surface area contributed by atoms with Crippen molar-refractivity contribution in [2.24, 2.45) is 5.92 Å². The molecule has 0 saturated heterocycles. The Hall–Kier alpha value is -7.88. The molecule has 1 atom stereocenters. The zero-order valence-corrected chi connectivity index (χ0v) is 34.1. The SMILES string of the molecule is CC1C=Cc2c(c3ccc(-c4ccc(-n5c6ccccc6c6c5ccc5c7c8oc9ccccc9c8ccc7n(-c7ccc8ccccc8c7)c56)cc4)cc3c3ccccc23)C1. The molecule has 290 valence electrons. The van der Waals surface area contributed by atoms with Crippen LogP contribution in [0.4, 0.5) is 0 Å². The Kier molecular flexibility index (Phi) is 6.88. The first-order valence-electron chi connectivity index (χ1n) is 21.7. The lowest BCUT2D eigenvalue weighted by Crippen LogP contribution is -2.05. The van der Waals surface area contributed by atoms with Gasteiger partial charge in [0.25, 0.3) is 0 Å². The van der Waals surface area contributed by atoms with E-state index in [9.17, 15) is 0 Å². The van der Waals surface area contributed by atoms with Gasteiger partial charge in [-0.25, -0.2) is 0 Å². The van der Waals surface area contributed by atoms with Crippen molar-refractivity contribution in [3.8, 4) is 22.5 Å². The van der Waals surface area contributed by atoms with E-state index in [1.165, 1.54) is 87.3 Å². The summed E-state index contributed by atoms with van der Waals surface area (Å²) >= 11 is 0. The minimum atomic E-state index is 0.533. The van der Waals surface area contributed by atoms with E-state index in [0.717, 1.165) is 50.6 Å². The van der Waals surface area contributed by atoms with Crippen LogP contribution in [-0.2, 0) is 6.42 Å². The average Bonchev–Trinajstić information content (AvgIpc) is 3.99. The van der Waals surface area contributed by atoms with E-state index in [4.69, 9.17) is 4.42 Å². The molecule has 0 fully saturated rings. The van der Waals surface area contributed by atoms with Crippen molar-refractivity contribution in [3.63, 3.8) is 0 Å². The van der Waals surface area contributed by atoms with Gasteiger partial charge in [-0.05, 0) is 134 Å². The molecule has 3 heterocycles. The predicted octanol–water partition coefficient (Wildman–Crippen LogP) is 16.1. The van der Waals surface area contributed by atoms with Crippen LogP contribution < -0.4 is 0 Å². The second-order valence-corrected chi connectivity index (χ2v) is 17.3. The maximum absolute atomic E-state index is 6.77. The number of aromatic nitrogens is 2. The quantitative estimate of drug-likeness (QED) is 0.164. The van der Waals surface area contributed by atoms with Gasteiger partial charge in [0.15, 0.2) is 0 Å². The van der Waals surface area contributed by atoms with Crippen LogP contribution in [0.5, 0.6) is 0 Å². The first-order valence-corrected chi connectivity index (χ1v) is 21.7. The summed E-state index contributed by atoms with van der Waals surface area (Å²) in [4.78, 5) is 0. The van der Waals surface area contributed by atoms with Crippen LogP contribution in [0.1, 0.15) is 18.1 Å². The highest BCUT2D eigenvalue weighted by molar-refractivity contribution is 6.31. The van der Waals surface area contributed by atoms with Gasteiger partial charge in [0, 0.05) is 38.3 Å². The Bertz CT molecular complexity index is 4080. The summed E-state index contributed by atoms with van der Waals surface area (Å²) in [7, 11) is 0. The lowest BCUT2D eigenvalue weighted by Gasteiger charge is -2.21. The summed E-state index contributed by atoms with van der Waals surface area (Å²) in [6, 6.07) is 67.1. The molecule has 10 aromatic carbocycles. The first kappa shape index (κ1) is 33.9. The molecule has 0 bridgehead atoms. The number of hydrogen-bond donors (Lipinski definition) is 0. The molecule has 0 radical (unpaired) electrons. The fraction of sp³-hybridized carbons (Fsp3) is 0.0508. The molecule has 62 heavy (non-hydrogen) atoms. The van der Waals surface area contributed by atoms with Gasteiger partial charge in [-0.15, -0.1) is 0 Å². The molecule has 3 nitrogen and oxygen atoms in total. The van der Waals surface area contributed by atoms with Crippen molar-refractivity contribution in [3.05, 3.63) is 199 Å². The van der Waals surface area contributed by atoms with Crippen LogP contribution in [0.25, 0.3) is 126 Å². The molecule has 0 amide bonds. The molecule has 1 unspecified atom stereocenters. The molecular formula is C59H38N2O. The van der Waals surface area contributed by atoms with Crippen molar-refractivity contribution in [1.82, 2.24) is 9.13 Å². The number of allylic oxidation sites excluding steroid dienone is 1. The number of benzene rings is 10. The largest absolute Gasteiger partial charge is 0.455 e. The second-order valence-electron chi connectivity index (χ2n) is 17.3. The van der Waals surface area contributed by atoms with Crippen molar-refractivity contribution in [1.29, 1.82) is 0 Å². The van der Waals surface area contributed by atoms with Gasteiger partial charge in [0.1, 0.15) is 11.2 Å². The molecule has 14 rings (SSSR count). The molecule has 1 aliphatic rings. The zero-order chi connectivity index (χ0) is 40.6. The second kappa shape index (κ2) is 12.6. The normalized spacial score (nSPS) is 14.2. The highest BCUT2D eigenvalue weighted by atomic mass is 16.3. The average molecular weight is 791 g/mol. The maximum atomic E-state index is 6.77. The van der Waals surface area contributed by atoms with E-state index in [1.54, 1.807) is 0 Å². The van der Waals surface area contributed by atoms with E-state index < -0.39 is 0 Å². The van der Waals surface area contributed by atoms with Crippen LogP contribution in [0.15, 0.2) is 192 Å². The summed E-state index contributed by atoms with van der Waals surface area (Å²) < 4.78 is 11.7. The third kappa shape index (κ3) is 4.65. The number of hydrogen-bond acceptors (Lipinski definition) is 1. The van der Waals surface area contributed by atoms with E-state index in [1.807, 2.05) is 0 Å². The maximum Gasteiger partial charge on any atom is 0.145 e. The molecule has 3 aromatic heterocycles. The van der Waals surface area contributed by atoms with Gasteiger partial charge in [-0.2, -0.15) is 0 Å². The lowest BCUT2D eigenvalue weighted by molar-refractivity contribution is 0.673. The predicted molar refractivity (Wildman–Crippen MR) is 262 cm³/mol. The van der Waals surface area contributed by atoms with Gasteiger partial charge in [0.2, 0.25) is 0 Å². The number of para-hydroxylation sites is 2. The smallest absolute Gasteiger partial charge is 0.145 e. The number of rotatable bonds is 3. The van der Waals surface area contributed by atoms with Gasteiger partial charge < -0.3 is 13.6 Å². The molecule has 1 aliphatic carbocycles. The van der Waals surface area contributed by atoms with E-state index in [0.29, 0.717) is 5.92 Å². The van der Waals surface area contributed by atoms with Crippen LogP contribution >= 0.6 is 0 Å². The minimum Gasteiger partial charge on any atom is -0.455 e. The Labute approximate surface area is 356 Å². The van der Waals surface area contributed by atoms with E-state index in [2.05, 4.69) is 210 Å². The lowest BCUT2D eigenvalue weighted by atomic mass is 9.83. The van der Waals surface area contributed by atoms with Crippen LogP contribution in [0, 0.1) is 5.92 Å². The van der Waals surface area contributed by atoms with Crippen molar-refractivity contribution < 1.29 is 4.42 Å². The number of furan rings is 1. The molecule has 0 aliphatic heterocycles. The van der Waals surface area contributed by atoms with E-state index >= 15 is 0 Å². The molecular weight excluding hydrogens is 753 g/mol. The summed E-state index contributed by atoms with van der Waals surface area (Å²) in [6.45, 7) is 2.32. The Morgan fingerprint density at radius 1 is 0.452 bits per heavy atom. The number of fused-ring (bicyclic) bond motifs is 18. The van der Waals surface area contributed by atoms with Crippen LogP contribution in [0.3, 0.4) is 0 Å². The molecule has 0 saturated carbocycles. The fourth-order valence-electron chi connectivity index (χ4n) is 11.0. The van der Waals surface area contributed by atoms with Crippen molar-refractivity contribution in [2.45, 2.75) is 13.3 Å². The highest BCUT2D eigenvalue weighted by Gasteiger charge is 2.24. The van der Waals surface area contributed by atoms with Crippen LogP contribution in [-0.4, -0.2) is 9.13 Å². The van der Waals surface area contributed by atoms with E-state index in [-0.39, 0.29) is 0 Å². The zero-order valence-electron chi connectivity index (χ0n) is 34.1. The van der Waals surface area contributed by atoms with Gasteiger partial charge in [-0.1, -0.05) is 134 Å². The van der Waals surface area contributed by atoms with Gasteiger partial charge in [-0.3, -0.25) is 0 Å². The molecule has 13 aromatic rings. The summed E-state index contributed by atoms with van der Waals surface area (Å²) in [5.41, 5.74) is 14.0. The third-order valence-electron chi connectivity index (χ3n) is 13.8. The third-order valence-corrected chi connectivity index (χ3v) is 13.8. The Morgan fingerprint density at radius 2 is 1.13 bits per heavy atom. The van der Waals surface area contributed by atoms with Gasteiger partial charge >= 0.3 is 0 Å². The standard InChI is InChI=1S/C59H38N2O/c1-35-18-26-44-42-12-4-5-13-43(42)51-34-39(22-27-45(51)50(44)32-35)37-19-23-40(24-20-37)60-52-16-8-6-15-48(52)56-53(60)31-29-49-57-54(30-28-47-46-14-7-9-17-55(46)62-59(47)57)61(58(49)56)41-25-21-36-10-2-3-11-38(36)33-41/h2-31,33-35H,32H2,1H3. The summed E-state index contributed by atoms with van der Waals surface area (Å²) in [5.74, 6) is 0.533. The topological polar surface area (TPSA) is 23.0 Å². The molecule has 0 N–H and O–H groups in total. The molecule has 3 heteroatoms. The Balaban J connectivity index is 1.00. The minimum absolute atomic E-state index is 0.533. The summed E-state index contributed by atoms with van der Waals surface area (Å²) in [6.07, 6.45) is 5.78. The molecule has 0 spiro atoms. The van der Waals surface area contributed by atoms with Gasteiger partial charge in [0.05, 0.1) is 27.5 Å². The van der Waals surface area contributed by atoms with Crippen LogP contribution in [0.2, 0.25) is 0 Å². The monoisotopic (exact) mass is 790 g/mol. The van der Waals surface area contributed by atoms with Crippen molar-refractivity contribution in [2.75, 3.05) is 0 Å².